The molecule has 0 aliphatic rings. The van der Waals surface area contributed by atoms with E-state index >= 15 is 26.3 Å². The van der Waals surface area contributed by atoms with Gasteiger partial charge in [0.2, 0.25) is 0 Å². The van der Waals surface area contributed by atoms with E-state index in [0.717, 1.165) is 94.4 Å². The molecule has 0 spiro atoms. The van der Waals surface area contributed by atoms with Gasteiger partial charge in [0.25, 0.3) is 0 Å². The Labute approximate surface area is 469 Å². The Hall–Kier alpha value is -9.91. The fraction of sp³-hybridized carbons (Fsp3) is 0.0822. The Morgan fingerprint density at radius 3 is 0.951 bits per heavy atom. The van der Waals surface area contributed by atoms with Crippen LogP contribution in [-0.4, -0.2) is 9.13 Å². The van der Waals surface area contributed by atoms with Crippen molar-refractivity contribution in [3.05, 3.63) is 263 Å². The molecule has 398 valence electrons. The fourth-order valence-electron chi connectivity index (χ4n) is 12.4. The van der Waals surface area contributed by atoms with Gasteiger partial charge in [0.1, 0.15) is 0 Å². The lowest BCUT2D eigenvalue weighted by atomic mass is 9.85. The van der Waals surface area contributed by atoms with Crippen molar-refractivity contribution in [3.8, 4) is 84.2 Å². The first-order chi connectivity index (χ1) is 39.6. The largest absolute Gasteiger partial charge is 0.417 e. The minimum Gasteiger partial charge on any atom is -0.309 e. The van der Waals surface area contributed by atoms with Gasteiger partial charge in [-0.2, -0.15) is 31.6 Å². The highest BCUT2D eigenvalue weighted by Crippen LogP contribution is 2.52. The summed E-state index contributed by atoms with van der Waals surface area (Å²) in [6.45, 7) is 8.19. The lowest BCUT2D eigenvalue weighted by Crippen LogP contribution is -2.15. The van der Waals surface area contributed by atoms with Gasteiger partial charge in [-0.1, -0.05) is 146 Å². The first-order valence-electron chi connectivity index (χ1n) is 26.9. The minimum absolute atomic E-state index is 0.00433. The van der Waals surface area contributed by atoms with Crippen LogP contribution < -0.4 is 0 Å². The summed E-state index contributed by atoms with van der Waals surface area (Å²) in [6, 6.07) is 71.0. The summed E-state index contributed by atoms with van der Waals surface area (Å²) >= 11 is 0. The van der Waals surface area contributed by atoms with Gasteiger partial charge >= 0.3 is 12.4 Å². The summed E-state index contributed by atoms with van der Waals surface area (Å²) in [7, 11) is 0. The number of benzene rings is 11. The number of hydrogen-bond donors (Lipinski definition) is 0. The standard InChI is InChI=1S/C73H49F6N3/c1-43-16-5-9-21-52(43)47-30-34-63-57(38-47)58-39-48(53-22-10-6-17-44(53)2)31-35-64(58)81(63)67-28-13-20-51(42-80)69(67)71-56(70-61(72(74,75)76)26-15-27-62(70)73(77,78)79)25-14-29-68(71)82-65-36-32-49(54-23-11-7-18-45(54)3)40-59(65)60-41-50(33-37-66(60)82)55-24-12-8-19-46(55)4/h5-41H,1-4H3. The van der Waals surface area contributed by atoms with E-state index < -0.39 is 29.0 Å². The van der Waals surface area contributed by atoms with Gasteiger partial charge in [-0.05, 0) is 179 Å². The van der Waals surface area contributed by atoms with Gasteiger partial charge in [-0.15, -0.1) is 0 Å². The molecule has 9 heteroatoms. The lowest BCUT2D eigenvalue weighted by molar-refractivity contribution is -0.142. The third kappa shape index (κ3) is 8.53. The first kappa shape index (κ1) is 51.5. The van der Waals surface area contributed by atoms with Crippen molar-refractivity contribution in [1.82, 2.24) is 9.13 Å². The van der Waals surface area contributed by atoms with Crippen molar-refractivity contribution in [2.45, 2.75) is 40.0 Å². The van der Waals surface area contributed by atoms with E-state index in [9.17, 15) is 5.26 Å². The van der Waals surface area contributed by atoms with E-state index in [1.807, 2.05) is 144 Å². The van der Waals surface area contributed by atoms with E-state index in [2.05, 4.69) is 68.4 Å². The topological polar surface area (TPSA) is 33.6 Å². The Bertz CT molecular complexity index is 4560. The van der Waals surface area contributed by atoms with Crippen LogP contribution in [0.3, 0.4) is 0 Å². The van der Waals surface area contributed by atoms with E-state index in [1.54, 1.807) is 24.3 Å². The maximum atomic E-state index is 15.8. The quantitative estimate of drug-likeness (QED) is 0.140. The zero-order chi connectivity index (χ0) is 56.8. The van der Waals surface area contributed by atoms with Crippen molar-refractivity contribution < 1.29 is 26.3 Å². The fourth-order valence-corrected chi connectivity index (χ4v) is 12.4. The minimum atomic E-state index is -5.23. The van der Waals surface area contributed by atoms with Crippen LogP contribution in [-0.2, 0) is 12.4 Å². The molecule has 11 aromatic carbocycles. The number of fused-ring (bicyclic) bond motifs is 6. The maximum Gasteiger partial charge on any atom is 0.417 e. The van der Waals surface area contributed by atoms with Crippen molar-refractivity contribution >= 4 is 43.6 Å². The normalized spacial score (nSPS) is 12.0. The SMILES string of the molecule is Cc1ccccc1-c1ccc2c(c1)c1cc(-c3ccccc3C)ccc1n2-c1cccc(C#N)c1-c1c(-c2c(C(F)(F)F)cccc2C(F)(F)F)cccc1-n1c2ccc(-c3ccccc3C)cc2c2cc(-c3ccccc3C)ccc21. The van der Waals surface area contributed by atoms with Gasteiger partial charge < -0.3 is 9.13 Å². The van der Waals surface area contributed by atoms with Gasteiger partial charge in [0, 0.05) is 38.2 Å². The van der Waals surface area contributed by atoms with Crippen molar-refractivity contribution in [1.29, 1.82) is 5.26 Å². The molecule has 0 N–H and O–H groups in total. The number of alkyl halides is 6. The second kappa shape index (κ2) is 19.7. The molecule has 13 aromatic rings. The van der Waals surface area contributed by atoms with Crippen LogP contribution in [0.2, 0.25) is 0 Å². The Kier molecular flexibility index (Phi) is 12.4. The molecule has 2 heterocycles. The molecule has 0 bridgehead atoms. The Morgan fingerprint density at radius 2 is 0.622 bits per heavy atom. The highest BCUT2D eigenvalue weighted by atomic mass is 19.4. The zero-order valence-electron chi connectivity index (χ0n) is 45.0. The highest BCUT2D eigenvalue weighted by molar-refractivity contribution is 6.15. The molecule has 0 radical (unpaired) electrons. The van der Waals surface area contributed by atoms with Gasteiger partial charge in [-0.25, -0.2) is 0 Å². The number of aromatic nitrogens is 2. The summed E-state index contributed by atoms with van der Waals surface area (Å²) in [5, 5.41) is 14.8. The van der Waals surface area contributed by atoms with Crippen LogP contribution in [0.25, 0.3) is 122 Å². The van der Waals surface area contributed by atoms with E-state index in [4.69, 9.17) is 0 Å². The van der Waals surface area contributed by atoms with Crippen LogP contribution in [0.5, 0.6) is 0 Å². The summed E-state index contributed by atoms with van der Waals surface area (Å²) in [6.07, 6.45) is -10.5. The number of nitrogens with zero attached hydrogens (tertiary/aromatic N) is 3. The molecule has 0 saturated heterocycles. The molecule has 0 aliphatic carbocycles. The first-order valence-corrected chi connectivity index (χ1v) is 26.9. The Morgan fingerprint density at radius 1 is 0.317 bits per heavy atom. The summed E-state index contributed by atoms with van der Waals surface area (Å²) in [5.74, 6) is 0. The molecule has 0 fully saturated rings. The number of hydrogen-bond acceptors (Lipinski definition) is 1. The number of aryl methyl sites for hydroxylation is 4. The monoisotopic (exact) mass is 1080 g/mol. The van der Waals surface area contributed by atoms with E-state index in [-0.39, 0.29) is 27.9 Å². The smallest absolute Gasteiger partial charge is 0.309 e. The summed E-state index contributed by atoms with van der Waals surface area (Å²) < 4.78 is 98.5. The predicted octanol–water partition coefficient (Wildman–Crippen LogP) is 21.0. The molecule has 82 heavy (non-hydrogen) atoms. The molecule has 0 amide bonds. The van der Waals surface area contributed by atoms with Crippen LogP contribution in [0.1, 0.15) is 38.9 Å². The predicted molar refractivity (Wildman–Crippen MR) is 321 cm³/mol. The van der Waals surface area contributed by atoms with E-state index in [1.165, 1.54) is 12.1 Å². The van der Waals surface area contributed by atoms with Crippen molar-refractivity contribution in [3.63, 3.8) is 0 Å². The average molecular weight is 1080 g/mol. The third-order valence-corrected chi connectivity index (χ3v) is 16.2. The number of halogens is 6. The molecule has 2 aromatic heterocycles. The molecule has 0 atom stereocenters. The second-order valence-corrected chi connectivity index (χ2v) is 21.1. The number of nitriles is 1. The lowest BCUT2D eigenvalue weighted by Gasteiger charge is -2.25. The van der Waals surface area contributed by atoms with Crippen LogP contribution in [0, 0.1) is 39.0 Å². The molecule has 0 saturated carbocycles. The maximum absolute atomic E-state index is 15.8. The van der Waals surface area contributed by atoms with Crippen LogP contribution in [0.4, 0.5) is 26.3 Å². The molecular weight excluding hydrogens is 1030 g/mol. The van der Waals surface area contributed by atoms with Gasteiger partial charge in [0.05, 0.1) is 56.2 Å². The van der Waals surface area contributed by atoms with Crippen molar-refractivity contribution in [2.24, 2.45) is 0 Å². The number of rotatable bonds is 8. The van der Waals surface area contributed by atoms with Crippen molar-refractivity contribution in [2.75, 3.05) is 0 Å². The van der Waals surface area contributed by atoms with Gasteiger partial charge in [0.15, 0.2) is 0 Å². The summed E-state index contributed by atoms with van der Waals surface area (Å²) in [5.41, 5.74) is 11.3. The summed E-state index contributed by atoms with van der Waals surface area (Å²) in [4.78, 5) is 0. The molecular formula is C73H49F6N3. The second-order valence-electron chi connectivity index (χ2n) is 21.1. The highest BCUT2D eigenvalue weighted by Gasteiger charge is 2.42. The van der Waals surface area contributed by atoms with E-state index in [0.29, 0.717) is 39.9 Å². The Balaban J connectivity index is 1.19. The zero-order valence-corrected chi connectivity index (χ0v) is 45.0. The van der Waals surface area contributed by atoms with Gasteiger partial charge in [-0.3, -0.25) is 0 Å². The average Bonchev–Trinajstić information content (AvgIpc) is 4.18. The molecule has 0 aliphatic heterocycles. The van der Waals surface area contributed by atoms with Crippen LogP contribution >= 0.6 is 0 Å². The molecule has 3 nitrogen and oxygen atoms in total. The third-order valence-electron chi connectivity index (χ3n) is 16.2. The molecule has 13 rings (SSSR count). The molecule has 0 unspecified atom stereocenters. The van der Waals surface area contributed by atoms with Crippen LogP contribution in [0.15, 0.2) is 224 Å².